The molecule has 1 amide bonds. The number of aromatic nitrogens is 1. The number of ether oxygens (including phenoxy) is 1. The minimum atomic E-state index is -0.381. The molecule has 0 atom stereocenters. The van der Waals surface area contributed by atoms with Gasteiger partial charge in [-0.25, -0.2) is 9.78 Å². The summed E-state index contributed by atoms with van der Waals surface area (Å²) < 4.78 is 4.93. The van der Waals surface area contributed by atoms with Crippen molar-refractivity contribution in [3.05, 3.63) is 53.7 Å². The Bertz CT molecular complexity index is 743. The lowest BCUT2D eigenvalue weighted by Crippen LogP contribution is -2.17. The topological polar surface area (TPSA) is 83.6 Å². The van der Waals surface area contributed by atoms with Gasteiger partial charge in [-0.2, -0.15) is 0 Å². The number of hydrogen-bond acceptors (Lipinski definition) is 6. The minimum Gasteiger partial charge on any atom is -0.462 e. The molecule has 1 aromatic carbocycles. The predicted molar refractivity (Wildman–Crippen MR) is 106 cm³/mol. The second kappa shape index (κ2) is 10.3. The van der Waals surface area contributed by atoms with E-state index in [0.29, 0.717) is 23.4 Å². The lowest BCUT2D eigenvalue weighted by Gasteiger charge is -2.10. The zero-order chi connectivity index (χ0) is 19.6. The Morgan fingerprint density at radius 3 is 2.37 bits per heavy atom. The SMILES string of the molecule is CCOC(=O)c1ccc(NC(=O)c2ccc(NCCCN(C)C)nc2)cc1. The van der Waals surface area contributed by atoms with Crippen molar-refractivity contribution in [3.8, 4) is 0 Å². The molecule has 2 N–H and O–H groups in total. The molecule has 0 aliphatic heterocycles. The van der Waals surface area contributed by atoms with Crippen molar-refractivity contribution < 1.29 is 14.3 Å². The fourth-order valence-corrected chi connectivity index (χ4v) is 2.35. The number of esters is 1. The predicted octanol–water partition coefficient (Wildman–Crippen LogP) is 2.87. The van der Waals surface area contributed by atoms with E-state index in [-0.39, 0.29) is 11.9 Å². The summed E-state index contributed by atoms with van der Waals surface area (Å²) in [5.74, 6) is 0.0999. The van der Waals surface area contributed by atoms with Gasteiger partial charge < -0.3 is 20.3 Å². The van der Waals surface area contributed by atoms with E-state index in [1.807, 2.05) is 14.1 Å². The first-order valence-electron chi connectivity index (χ1n) is 8.92. The molecule has 27 heavy (non-hydrogen) atoms. The van der Waals surface area contributed by atoms with E-state index in [1.165, 1.54) is 6.20 Å². The highest BCUT2D eigenvalue weighted by Crippen LogP contribution is 2.13. The number of rotatable bonds is 9. The van der Waals surface area contributed by atoms with Gasteiger partial charge in [0.05, 0.1) is 17.7 Å². The third-order valence-electron chi connectivity index (χ3n) is 3.77. The number of carbonyl (C=O) groups is 2. The summed E-state index contributed by atoms with van der Waals surface area (Å²) in [6.45, 7) is 3.90. The molecule has 0 aliphatic carbocycles. The van der Waals surface area contributed by atoms with Gasteiger partial charge in [0, 0.05) is 18.4 Å². The van der Waals surface area contributed by atoms with E-state index in [4.69, 9.17) is 4.74 Å². The zero-order valence-corrected chi connectivity index (χ0v) is 16.0. The Hall–Kier alpha value is -2.93. The molecule has 0 unspecified atom stereocenters. The lowest BCUT2D eigenvalue weighted by atomic mass is 10.2. The molecule has 0 saturated heterocycles. The molecule has 0 fully saturated rings. The van der Waals surface area contributed by atoms with Gasteiger partial charge in [0.1, 0.15) is 5.82 Å². The molecule has 0 aliphatic rings. The molecule has 144 valence electrons. The lowest BCUT2D eigenvalue weighted by molar-refractivity contribution is 0.0526. The second-order valence-electron chi connectivity index (χ2n) is 6.27. The van der Waals surface area contributed by atoms with Gasteiger partial charge in [0.2, 0.25) is 0 Å². The van der Waals surface area contributed by atoms with Crippen LogP contribution in [0.3, 0.4) is 0 Å². The number of carbonyl (C=O) groups excluding carboxylic acids is 2. The van der Waals surface area contributed by atoms with Gasteiger partial charge >= 0.3 is 5.97 Å². The number of nitrogens with one attached hydrogen (secondary N) is 2. The quantitative estimate of drug-likeness (QED) is 0.522. The third kappa shape index (κ3) is 6.71. The Morgan fingerprint density at radius 2 is 1.78 bits per heavy atom. The van der Waals surface area contributed by atoms with Crippen molar-refractivity contribution in [2.45, 2.75) is 13.3 Å². The van der Waals surface area contributed by atoms with Crippen molar-refractivity contribution in [1.29, 1.82) is 0 Å². The van der Waals surface area contributed by atoms with Crippen LogP contribution >= 0.6 is 0 Å². The van der Waals surface area contributed by atoms with Crippen molar-refractivity contribution in [2.75, 3.05) is 44.4 Å². The van der Waals surface area contributed by atoms with Gasteiger partial charge in [-0.05, 0) is 70.4 Å². The number of pyridine rings is 1. The molecule has 7 heteroatoms. The van der Waals surface area contributed by atoms with Crippen LogP contribution in [0.1, 0.15) is 34.1 Å². The number of nitrogens with zero attached hydrogens (tertiary/aromatic N) is 2. The first-order valence-corrected chi connectivity index (χ1v) is 8.92. The summed E-state index contributed by atoms with van der Waals surface area (Å²) in [6.07, 6.45) is 2.55. The largest absolute Gasteiger partial charge is 0.462 e. The highest BCUT2D eigenvalue weighted by molar-refractivity contribution is 6.04. The summed E-state index contributed by atoms with van der Waals surface area (Å²) in [4.78, 5) is 30.3. The van der Waals surface area contributed by atoms with Crippen molar-refractivity contribution in [2.24, 2.45) is 0 Å². The molecule has 0 spiro atoms. The van der Waals surface area contributed by atoms with E-state index in [0.717, 1.165) is 25.3 Å². The normalized spacial score (nSPS) is 10.5. The van der Waals surface area contributed by atoms with Crippen LogP contribution in [0.4, 0.5) is 11.5 Å². The highest BCUT2D eigenvalue weighted by atomic mass is 16.5. The molecule has 2 rings (SSSR count). The van der Waals surface area contributed by atoms with E-state index in [2.05, 4.69) is 20.5 Å². The molecule has 0 radical (unpaired) electrons. The van der Waals surface area contributed by atoms with Crippen molar-refractivity contribution in [3.63, 3.8) is 0 Å². The molecule has 1 aromatic heterocycles. The zero-order valence-electron chi connectivity index (χ0n) is 16.0. The summed E-state index contributed by atoms with van der Waals surface area (Å²) in [6, 6.07) is 10.1. The molecule has 1 heterocycles. The summed E-state index contributed by atoms with van der Waals surface area (Å²) in [5, 5.41) is 6.01. The first kappa shape index (κ1) is 20.4. The molecule has 0 saturated carbocycles. The molecule has 7 nitrogen and oxygen atoms in total. The average Bonchev–Trinajstić information content (AvgIpc) is 2.66. The van der Waals surface area contributed by atoms with Crippen LogP contribution in [-0.4, -0.2) is 55.6 Å². The van der Waals surface area contributed by atoms with Gasteiger partial charge in [0.25, 0.3) is 5.91 Å². The second-order valence-corrected chi connectivity index (χ2v) is 6.27. The van der Waals surface area contributed by atoms with E-state index >= 15 is 0 Å². The van der Waals surface area contributed by atoms with Crippen molar-refractivity contribution >= 4 is 23.4 Å². The summed E-state index contributed by atoms with van der Waals surface area (Å²) in [5.41, 5.74) is 1.50. The fourth-order valence-electron chi connectivity index (χ4n) is 2.35. The van der Waals surface area contributed by atoms with Gasteiger partial charge in [-0.1, -0.05) is 0 Å². The minimum absolute atomic E-state index is 0.259. The van der Waals surface area contributed by atoms with E-state index in [9.17, 15) is 9.59 Å². The van der Waals surface area contributed by atoms with Crippen LogP contribution in [0.2, 0.25) is 0 Å². The number of benzene rings is 1. The van der Waals surface area contributed by atoms with Crippen LogP contribution in [0.5, 0.6) is 0 Å². The number of hydrogen-bond donors (Lipinski definition) is 2. The van der Waals surface area contributed by atoms with Crippen LogP contribution in [0.15, 0.2) is 42.6 Å². The summed E-state index contributed by atoms with van der Waals surface area (Å²) in [7, 11) is 4.08. The number of anilines is 2. The van der Waals surface area contributed by atoms with Crippen LogP contribution in [0, 0.1) is 0 Å². The standard InChI is InChI=1S/C20H26N4O3/c1-4-27-20(26)15-6-9-17(10-7-15)23-19(25)16-8-11-18(22-14-16)21-12-5-13-24(2)3/h6-11,14H,4-5,12-13H2,1-3H3,(H,21,22)(H,23,25). The van der Waals surface area contributed by atoms with E-state index in [1.54, 1.807) is 43.3 Å². The van der Waals surface area contributed by atoms with Gasteiger partial charge in [-0.3, -0.25) is 4.79 Å². The molecule has 0 bridgehead atoms. The van der Waals surface area contributed by atoms with Crippen LogP contribution < -0.4 is 10.6 Å². The van der Waals surface area contributed by atoms with E-state index < -0.39 is 0 Å². The van der Waals surface area contributed by atoms with Gasteiger partial charge in [0.15, 0.2) is 0 Å². The Labute approximate surface area is 159 Å². The molecular weight excluding hydrogens is 344 g/mol. The highest BCUT2D eigenvalue weighted by Gasteiger charge is 2.09. The average molecular weight is 370 g/mol. The molecule has 2 aromatic rings. The maximum Gasteiger partial charge on any atom is 0.338 e. The van der Waals surface area contributed by atoms with Crippen LogP contribution in [-0.2, 0) is 4.74 Å². The first-order chi connectivity index (χ1) is 13.0. The van der Waals surface area contributed by atoms with Crippen LogP contribution in [0.25, 0.3) is 0 Å². The fraction of sp³-hybridized carbons (Fsp3) is 0.350. The third-order valence-corrected chi connectivity index (χ3v) is 3.77. The summed E-state index contributed by atoms with van der Waals surface area (Å²) >= 11 is 0. The maximum absolute atomic E-state index is 12.3. The Balaban J connectivity index is 1.87. The monoisotopic (exact) mass is 370 g/mol. The molecular formula is C20H26N4O3. The smallest absolute Gasteiger partial charge is 0.338 e. The van der Waals surface area contributed by atoms with Gasteiger partial charge in [-0.15, -0.1) is 0 Å². The Kier molecular flexibility index (Phi) is 7.76. The number of amides is 1. The Morgan fingerprint density at radius 1 is 1.07 bits per heavy atom. The maximum atomic E-state index is 12.3. The van der Waals surface area contributed by atoms with Crippen molar-refractivity contribution in [1.82, 2.24) is 9.88 Å².